The molecule has 0 saturated heterocycles. The molecule has 0 unspecified atom stereocenters. The highest BCUT2D eigenvalue weighted by molar-refractivity contribution is 7.92. The topological polar surface area (TPSA) is 75.3 Å². The predicted octanol–water partition coefficient (Wildman–Crippen LogP) is 4.84. The second-order valence-corrected chi connectivity index (χ2v) is 8.17. The van der Waals surface area contributed by atoms with Gasteiger partial charge in [-0.3, -0.25) is 9.52 Å². The Bertz CT molecular complexity index is 1130. The van der Waals surface area contributed by atoms with Crippen LogP contribution in [0.2, 0.25) is 5.02 Å². The fraction of sp³-hybridized carbons (Fsp3) is 0.0500. The van der Waals surface area contributed by atoms with Crippen molar-refractivity contribution in [3.63, 3.8) is 0 Å². The van der Waals surface area contributed by atoms with Gasteiger partial charge in [0.05, 0.1) is 4.90 Å². The minimum Gasteiger partial charge on any atom is -0.322 e. The molecule has 3 aromatic rings. The molecule has 3 aromatic carbocycles. The third-order valence-corrected chi connectivity index (χ3v) is 5.56. The first-order valence-corrected chi connectivity index (χ1v) is 10.1. The lowest BCUT2D eigenvalue weighted by Crippen LogP contribution is -2.16. The lowest BCUT2D eigenvalue weighted by Gasteiger charge is -2.11. The van der Waals surface area contributed by atoms with Gasteiger partial charge in [-0.05, 0) is 67.1 Å². The number of anilines is 2. The van der Waals surface area contributed by atoms with Crippen LogP contribution in [0.3, 0.4) is 0 Å². The van der Waals surface area contributed by atoms with Gasteiger partial charge in [-0.1, -0.05) is 23.7 Å². The first kappa shape index (κ1) is 19.9. The largest absolute Gasteiger partial charge is 0.322 e. The number of hydrogen-bond donors (Lipinski definition) is 2. The minimum atomic E-state index is -3.94. The second-order valence-electron chi connectivity index (χ2n) is 6.05. The Morgan fingerprint density at radius 2 is 1.71 bits per heavy atom. The monoisotopic (exact) mass is 418 g/mol. The highest BCUT2D eigenvalue weighted by atomic mass is 35.5. The summed E-state index contributed by atoms with van der Waals surface area (Å²) in [5, 5.41) is 3.19. The molecule has 0 saturated carbocycles. The van der Waals surface area contributed by atoms with Crippen molar-refractivity contribution in [1.29, 1.82) is 0 Å². The summed E-state index contributed by atoms with van der Waals surface area (Å²) < 4.78 is 40.5. The zero-order chi connectivity index (χ0) is 20.3. The standard InChI is InChI=1S/C20H16ClFN2O3S/c1-13-5-6-15(21)12-19(13)23-20(25)14-3-2-4-18(11-14)28(26,27)24-17-9-7-16(22)8-10-17/h2-12,24H,1H3,(H,23,25). The predicted molar refractivity (Wildman–Crippen MR) is 108 cm³/mol. The molecule has 0 aliphatic heterocycles. The highest BCUT2D eigenvalue weighted by Gasteiger charge is 2.17. The maximum Gasteiger partial charge on any atom is 0.261 e. The van der Waals surface area contributed by atoms with E-state index >= 15 is 0 Å². The molecule has 3 rings (SSSR count). The smallest absolute Gasteiger partial charge is 0.261 e. The number of rotatable bonds is 5. The first-order valence-electron chi connectivity index (χ1n) is 8.20. The molecule has 0 aliphatic rings. The Morgan fingerprint density at radius 3 is 2.43 bits per heavy atom. The minimum absolute atomic E-state index is 0.0905. The third-order valence-electron chi connectivity index (χ3n) is 3.95. The molecule has 0 aromatic heterocycles. The molecule has 2 N–H and O–H groups in total. The summed E-state index contributed by atoms with van der Waals surface area (Å²) in [6.45, 7) is 1.82. The van der Waals surface area contributed by atoms with Crippen LogP contribution < -0.4 is 10.0 Å². The average molecular weight is 419 g/mol. The first-order chi connectivity index (χ1) is 13.2. The zero-order valence-electron chi connectivity index (χ0n) is 14.7. The Hall–Kier alpha value is -2.90. The van der Waals surface area contributed by atoms with E-state index < -0.39 is 21.7 Å². The molecular weight excluding hydrogens is 403 g/mol. The summed E-state index contributed by atoms with van der Waals surface area (Å²) in [7, 11) is -3.94. The molecule has 0 fully saturated rings. The van der Waals surface area contributed by atoms with Crippen molar-refractivity contribution in [2.45, 2.75) is 11.8 Å². The van der Waals surface area contributed by atoms with E-state index in [2.05, 4.69) is 10.0 Å². The van der Waals surface area contributed by atoms with Crippen LogP contribution in [0.25, 0.3) is 0 Å². The Morgan fingerprint density at radius 1 is 1.00 bits per heavy atom. The highest BCUT2D eigenvalue weighted by Crippen LogP contribution is 2.22. The summed E-state index contributed by atoms with van der Waals surface area (Å²) in [5.74, 6) is -0.942. The van der Waals surface area contributed by atoms with Crippen LogP contribution in [0.15, 0.2) is 71.6 Å². The van der Waals surface area contributed by atoms with Gasteiger partial charge in [0.15, 0.2) is 0 Å². The van der Waals surface area contributed by atoms with Gasteiger partial charge in [0, 0.05) is 22.0 Å². The van der Waals surface area contributed by atoms with E-state index in [1.807, 2.05) is 6.92 Å². The van der Waals surface area contributed by atoms with Crippen molar-refractivity contribution in [3.05, 3.63) is 88.7 Å². The Labute approximate surface area is 167 Å². The van der Waals surface area contributed by atoms with Gasteiger partial charge in [-0.2, -0.15) is 0 Å². The summed E-state index contributed by atoms with van der Waals surface area (Å²) >= 11 is 5.96. The molecule has 0 atom stereocenters. The van der Waals surface area contributed by atoms with E-state index in [0.717, 1.165) is 17.7 Å². The van der Waals surface area contributed by atoms with Crippen LogP contribution in [-0.4, -0.2) is 14.3 Å². The van der Waals surface area contributed by atoms with Crippen molar-refractivity contribution < 1.29 is 17.6 Å². The van der Waals surface area contributed by atoms with Crippen LogP contribution >= 0.6 is 11.6 Å². The number of amides is 1. The van der Waals surface area contributed by atoms with Crippen molar-refractivity contribution in [2.75, 3.05) is 10.0 Å². The van der Waals surface area contributed by atoms with E-state index in [9.17, 15) is 17.6 Å². The van der Waals surface area contributed by atoms with Gasteiger partial charge in [-0.25, -0.2) is 12.8 Å². The Kier molecular flexibility index (Phi) is 5.67. The number of hydrogen-bond acceptors (Lipinski definition) is 3. The van der Waals surface area contributed by atoms with Crippen molar-refractivity contribution in [1.82, 2.24) is 0 Å². The van der Waals surface area contributed by atoms with E-state index in [4.69, 9.17) is 11.6 Å². The van der Waals surface area contributed by atoms with Gasteiger partial charge in [-0.15, -0.1) is 0 Å². The SMILES string of the molecule is Cc1ccc(Cl)cc1NC(=O)c1cccc(S(=O)(=O)Nc2ccc(F)cc2)c1. The van der Waals surface area contributed by atoms with Crippen LogP contribution in [0, 0.1) is 12.7 Å². The third kappa shape index (κ3) is 4.68. The normalized spacial score (nSPS) is 11.1. The van der Waals surface area contributed by atoms with Crippen LogP contribution in [0.5, 0.6) is 0 Å². The molecule has 144 valence electrons. The lowest BCUT2D eigenvalue weighted by molar-refractivity contribution is 0.102. The molecule has 5 nitrogen and oxygen atoms in total. The van der Waals surface area contributed by atoms with Gasteiger partial charge in [0.1, 0.15) is 5.82 Å². The second kappa shape index (κ2) is 8.00. The van der Waals surface area contributed by atoms with Gasteiger partial charge in [0.2, 0.25) is 0 Å². The maximum atomic E-state index is 13.0. The molecule has 8 heteroatoms. The van der Waals surface area contributed by atoms with Crippen molar-refractivity contribution >= 4 is 38.9 Å². The maximum absolute atomic E-state index is 13.0. The molecule has 0 heterocycles. The summed E-state index contributed by atoms with van der Waals surface area (Å²) in [6, 6.07) is 15.6. The van der Waals surface area contributed by atoms with E-state index in [-0.39, 0.29) is 16.1 Å². The number of halogens is 2. The average Bonchev–Trinajstić information content (AvgIpc) is 2.66. The number of benzene rings is 3. The quantitative estimate of drug-likeness (QED) is 0.622. The van der Waals surface area contributed by atoms with Crippen LogP contribution in [0.1, 0.15) is 15.9 Å². The van der Waals surface area contributed by atoms with E-state index in [1.54, 1.807) is 18.2 Å². The summed E-state index contributed by atoms with van der Waals surface area (Å²) in [4.78, 5) is 12.5. The number of carbonyl (C=O) groups excluding carboxylic acids is 1. The molecule has 28 heavy (non-hydrogen) atoms. The zero-order valence-corrected chi connectivity index (χ0v) is 16.3. The fourth-order valence-electron chi connectivity index (χ4n) is 2.46. The number of carbonyl (C=O) groups is 1. The van der Waals surface area contributed by atoms with Gasteiger partial charge >= 0.3 is 0 Å². The van der Waals surface area contributed by atoms with Crippen LogP contribution in [0.4, 0.5) is 15.8 Å². The molecule has 0 spiro atoms. The lowest BCUT2D eigenvalue weighted by atomic mass is 10.1. The van der Waals surface area contributed by atoms with Crippen LogP contribution in [-0.2, 0) is 10.0 Å². The number of nitrogens with one attached hydrogen (secondary N) is 2. The molecule has 0 aliphatic carbocycles. The van der Waals surface area contributed by atoms with Crippen molar-refractivity contribution in [2.24, 2.45) is 0 Å². The summed E-state index contributed by atoms with van der Waals surface area (Å²) in [5.41, 5.74) is 1.74. The number of aryl methyl sites for hydroxylation is 1. The Balaban J connectivity index is 1.83. The molecule has 0 radical (unpaired) electrons. The van der Waals surface area contributed by atoms with Crippen molar-refractivity contribution in [3.8, 4) is 0 Å². The van der Waals surface area contributed by atoms with Gasteiger partial charge < -0.3 is 5.32 Å². The van der Waals surface area contributed by atoms with E-state index in [1.165, 1.54) is 36.4 Å². The molecular formula is C20H16ClFN2O3S. The molecule has 0 bridgehead atoms. The van der Waals surface area contributed by atoms with E-state index in [0.29, 0.717) is 10.7 Å². The van der Waals surface area contributed by atoms with Gasteiger partial charge in [0.25, 0.3) is 15.9 Å². The summed E-state index contributed by atoms with van der Waals surface area (Å²) in [6.07, 6.45) is 0. The molecule has 1 amide bonds. The number of sulfonamides is 1. The fourth-order valence-corrected chi connectivity index (χ4v) is 3.74.